The Labute approximate surface area is 50.0 Å². The molecule has 8 heavy (non-hydrogen) atoms. The van der Waals surface area contributed by atoms with Crippen molar-refractivity contribution in [2.24, 2.45) is 0 Å². The summed E-state index contributed by atoms with van der Waals surface area (Å²) in [7, 11) is -0.416. The molecule has 0 bridgehead atoms. The molecule has 0 amide bonds. The fourth-order valence-electron chi connectivity index (χ4n) is 0.414. The van der Waals surface area contributed by atoms with Crippen molar-refractivity contribution in [3.63, 3.8) is 0 Å². The first-order valence-electron chi connectivity index (χ1n) is 2.17. The minimum absolute atomic E-state index is 0.416. The zero-order valence-electron chi connectivity index (χ0n) is 4.51. The second kappa shape index (κ2) is 2.09. The van der Waals surface area contributed by atoms with E-state index in [9.17, 15) is 0 Å². The van der Waals surface area contributed by atoms with Crippen molar-refractivity contribution in [2.75, 3.05) is 6.26 Å². The predicted molar refractivity (Wildman–Crippen MR) is 32.9 cm³/mol. The topological polar surface area (TPSA) is 52.5 Å². The Morgan fingerprint density at radius 1 is 1.88 bits per heavy atom. The summed E-state index contributed by atoms with van der Waals surface area (Å²) in [6, 6.07) is 1.82. The fraction of sp³-hybridized carbons (Fsp3) is 0.250. The SMILES string of the molecule is CS(=N)c1ccn[nH]1. The number of rotatable bonds is 1. The molecule has 0 fully saturated rings. The van der Waals surface area contributed by atoms with Crippen LogP contribution in [-0.4, -0.2) is 16.5 Å². The van der Waals surface area contributed by atoms with Gasteiger partial charge in [-0.3, -0.25) is 9.88 Å². The molecular weight excluding hydrogens is 122 g/mol. The Balaban J connectivity index is 2.93. The van der Waals surface area contributed by atoms with Crippen LogP contribution in [0.3, 0.4) is 0 Å². The van der Waals surface area contributed by atoms with E-state index in [0.29, 0.717) is 0 Å². The van der Waals surface area contributed by atoms with Crippen LogP contribution in [0.25, 0.3) is 0 Å². The van der Waals surface area contributed by atoms with Gasteiger partial charge in [-0.15, -0.1) is 0 Å². The van der Waals surface area contributed by atoms with Crippen LogP contribution in [0.2, 0.25) is 0 Å². The molecule has 0 aromatic carbocycles. The van der Waals surface area contributed by atoms with Gasteiger partial charge in [0.25, 0.3) is 0 Å². The van der Waals surface area contributed by atoms with Crippen molar-refractivity contribution >= 4 is 10.7 Å². The van der Waals surface area contributed by atoms with Crippen LogP contribution in [0.15, 0.2) is 17.3 Å². The highest BCUT2D eigenvalue weighted by molar-refractivity contribution is 7.85. The van der Waals surface area contributed by atoms with Gasteiger partial charge in [0, 0.05) is 6.20 Å². The van der Waals surface area contributed by atoms with Crippen molar-refractivity contribution in [3.05, 3.63) is 12.3 Å². The van der Waals surface area contributed by atoms with E-state index in [-0.39, 0.29) is 0 Å². The summed E-state index contributed by atoms with van der Waals surface area (Å²) in [4.78, 5) is 0. The molecule has 1 aromatic heterocycles. The minimum Gasteiger partial charge on any atom is -0.274 e. The average Bonchev–Trinajstić information content (AvgIpc) is 2.12. The maximum Gasteiger partial charge on any atom is 0.101 e. The molecule has 0 aliphatic carbocycles. The zero-order chi connectivity index (χ0) is 5.98. The Bertz CT molecular complexity index is 179. The molecule has 1 atom stereocenters. The molecule has 44 valence electrons. The van der Waals surface area contributed by atoms with E-state index in [0.717, 1.165) is 5.03 Å². The van der Waals surface area contributed by atoms with E-state index in [1.54, 1.807) is 6.20 Å². The second-order valence-electron chi connectivity index (χ2n) is 1.43. The summed E-state index contributed by atoms with van der Waals surface area (Å²) in [5.41, 5.74) is 0. The van der Waals surface area contributed by atoms with Gasteiger partial charge in [-0.1, -0.05) is 10.7 Å². The molecule has 0 radical (unpaired) electrons. The number of aromatic nitrogens is 2. The lowest BCUT2D eigenvalue weighted by Gasteiger charge is -1.87. The largest absolute Gasteiger partial charge is 0.274 e. The first-order chi connectivity index (χ1) is 3.80. The number of aromatic amines is 1. The lowest BCUT2D eigenvalue weighted by molar-refractivity contribution is 1.00. The summed E-state index contributed by atoms with van der Waals surface area (Å²) < 4.78 is 7.19. The minimum atomic E-state index is -0.416. The Morgan fingerprint density at radius 2 is 2.62 bits per heavy atom. The molecule has 1 heterocycles. The molecule has 1 aromatic rings. The standard InChI is InChI=1S/C4H7N3S/c1-8(5)4-2-3-6-7-4/h2-3,5H,1H3,(H,6,7). The summed E-state index contributed by atoms with van der Waals surface area (Å²) in [5, 5.41) is 7.31. The average molecular weight is 129 g/mol. The summed E-state index contributed by atoms with van der Waals surface area (Å²) in [6.07, 6.45) is 3.49. The van der Waals surface area contributed by atoms with E-state index in [1.807, 2.05) is 12.3 Å². The van der Waals surface area contributed by atoms with Crippen LogP contribution in [0, 0.1) is 4.78 Å². The molecule has 2 N–H and O–H groups in total. The van der Waals surface area contributed by atoms with Crippen LogP contribution in [0.4, 0.5) is 0 Å². The number of H-pyrrole nitrogens is 1. The number of nitrogens with one attached hydrogen (secondary N) is 2. The van der Waals surface area contributed by atoms with Gasteiger partial charge >= 0.3 is 0 Å². The molecule has 0 saturated carbocycles. The Hall–Kier alpha value is -0.640. The molecule has 1 unspecified atom stereocenters. The maximum atomic E-state index is 7.19. The van der Waals surface area contributed by atoms with Gasteiger partial charge < -0.3 is 0 Å². The summed E-state index contributed by atoms with van der Waals surface area (Å²) in [6.45, 7) is 0. The lowest BCUT2D eigenvalue weighted by Crippen LogP contribution is -1.83. The number of nitrogens with zero attached hydrogens (tertiary/aromatic N) is 1. The van der Waals surface area contributed by atoms with Gasteiger partial charge in [-0.05, 0) is 12.3 Å². The molecule has 0 aliphatic rings. The molecule has 0 aliphatic heterocycles. The first kappa shape index (κ1) is 5.50. The second-order valence-corrected chi connectivity index (χ2v) is 2.89. The summed E-state index contributed by atoms with van der Waals surface area (Å²) >= 11 is 0. The van der Waals surface area contributed by atoms with Crippen molar-refractivity contribution in [3.8, 4) is 0 Å². The molecule has 4 heteroatoms. The van der Waals surface area contributed by atoms with Crippen molar-refractivity contribution in [1.82, 2.24) is 10.2 Å². The van der Waals surface area contributed by atoms with Gasteiger partial charge in [0.1, 0.15) is 5.03 Å². The predicted octanol–water partition coefficient (Wildman–Crippen LogP) is 0.779. The third-order valence-electron chi connectivity index (χ3n) is 0.805. The van der Waals surface area contributed by atoms with E-state index < -0.39 is 10.7 Å². The quantitative estimate of drug-likeness (QED) is 0.578. The van der Waals surface area contributed by atoms with Gasteiger partial charge in [0.05, 0.1) is 0 Å². The monoisotopic (exact) mass is 129 g/mol. The van der Waals surface area contributed by atoms with Crippen LogP contribution in [-0.2, 0) is 10.7 Å². The molecule has 1 rings (SSSR count). The fourth-order valence-corrected chi connectivity index (χ4v) is 0.868. The van der Waals surface area contributed by atoms with Crippen molar-refractivity contribution in [1.29, 1.82) is 4.78 Å². The van der Waals surface area contributed by atoms with E-state index in [2.05, 4.69) is 10.2 Å². The molecule has 0 spiro atoms. The smallest absolute Gasteiger partial charge is 0.101 e. The van der Waals surface area contributed by atoms with E-state index >= 15 is 0 Å². The molecule has 3 nitrogen and oxygen atoms in total. The lowest BCUT2D eigenvalue weighted by atomic mass is 10.8. The number of hydrogen-bond acceptors (Lipinski definition) is 2. The Morgan fingerprint density at radius 3 is 2.88 bits per heavy atom. The third kappa shape index (κ3) is 0.949. The van der Waals surface area contributed by atoms with Gasteiger partial charge in [0.2, 0.25) is 0 Å². The van der Waals surface area contributed by atoms with Crippen LogP contribution in [0.1, 0.15) is 0 Å². The molecular formula is C4H7N3S. The third-order valence-corrected chi connectivity index (χ3v) is 1.69. The molecule has 0 saturated heterocycles. The van der Waals surface area contributed by atoms with Gasteiger partial charge in [0.15, 0.2) is 0 Å². The van der Waals surface area contributed by atoms with E-state index in [1.165, 1.54) is 0 Å². The van der Waals surface area contributed by atoms with Crippen LogP contribution >= 0.6 is 0 Å². The van der Waals surface area contributed by atoms with Crippen molar-refractivity contribution < 1.29 is 0 Å². The Kier molecular flexibility index (Phi) is 1.43. The summed E-state index contributed by atoms with van der Waals surface area (Å²) in [5.74, 6) is 0. The zero-order valence-corrected chi connectivity index (χ0v) is 5.33. The van der Waals surface area contributed by atoms with Gasteiger partial charge in [-0.25, -0.2) is 0 Å². The van der Waals surface area contributed by atoms with Crippen molar-refractivity contribution in [2.45, 2.75) is 5.03 Å². The maximum absolute atomic E-state index is 7.19. The first-order valence-corrected chi connectivity index (χ1v) is 3.80. The normalized spacial score (nSPS) is 13.6. The highest BCUT2D eigenvalue weighted by Crippen LogP contribution is 1.95. The van der Waals surface area contributed by atoms with Crippen LogP contribution < -0.4 is 0 Å². The van der Waals surface area contributed by atoms with E-state index in [4.69, 9.17) is 4.78 Å². The van der Waals surface area contributed by atoms with Gasteiger partial charge in [-0.2, -0.15) is 5.10 Å². The highest BCUT2D eigenvalue weighted by atomic mass is 32.2. The number of hydrogen-bond donors (Lipinski definition) is 2. The van der Waals surface area contributed by atoms with Crippen LogP contribution in [0.5, 0.6) is 0 Å². The highest BCUT2D eigenvalue weighted by Gasteiger charge is 1.89.